The maximum atomic E-state index is 12.3. The van der Waals surface area contributed by atoms with Crippen LogP contribution < -0.4 is 5.32 Å². The van der Waals surface area contributed by atoms with Crippen LogP contribution in [-0.4, -0.2) is 26.5 Å². The number of aromatic nitrogens is 3. The van der Waals surface area contributed by atoms with Gasteiger partial charge in [0.15, 0.2) is 11.6 Å². The molecular formula is C16H20N4O2S. The Hall–Kier alpha value is -2.02. The number of Topliss-reactive ketones (excluding diaryl/α,β-unsaturated/α-hetero) is 1. The molecule has 0 aliphatic heterocycles. The molecule has 0 aromatic carbocycles. The summed E-state index contributed by atoms with van der Waals surface area (Å²) in [7, 11) is 0. The number of carbonyl (C=O) groups is 2. The average molecular weight is 332 g/mol. The second-order valence-electron chi connectivity index (χ2n) is 5.95. The zero-order valence-corrected chi connectivity index (χ0v) is 14.1. The first kappa shape index (κ1) is 15.9. The summed E-state index contributed by atoms with van der Waals surface area (Å²) in [5.41, 5.74) is 0. The van der Waals surface area contributed by atoms with Crippen molar-refractivity contribution in [3.05, 3.63) is 34.0 Å². The third-order valence-corrected chi connectivity index (χ3v) is 5.42. The lowest BCUT2D eigenvalue weighted by atomic mass is 10.2. The van der Waals surface area contributed by atoms with Gasteiger partial charge in [-0.05, 0) is 38.8 Å². The number of hydrogen-bond acceptors (Lipinski definition) is 5. The first-order valence-corrected chi connectivity index (χ1v) is 8.69. The molecule has 1 unspecified atom stereocenters. The van der Waals surface area contributed by atoms with E-state index >= 15 is 0 Å². The van der Waals surface area contributed by atoms with E-state index in [0.29, 0.717) is 15.8 Å². The van der Waals surface area contributed by atoms with Crippen molar-refractivity contribution in [3.63, 3.8) is 0 Å². The molecule has 0 spiro atoms. The van der Waals surface area contributed by atoms with Crippen molar-refractivity contribution >= 4 is 23.0 Å². The highest BCUT2D eigenvalue weighted by Gasteiger charge is 2.24. The van der Waals surface area contributed by atoms with E-state index < -0.39 is 0 Å². The van der Waals surface area contributed by atoms with Crippen LogP contribution in [0.5, 0.6) is 0 Å². The van der Waals surface area contributed by atoms with Gasteiger partial charge in [0.1, 0.15) is 6.33 Å². The molecule has 0 bridgehead atoms. The summed E-state index contributed by atoms with van der Waals surface area (Å²) in [5.74, 6) is 0.577. The topological polar surface area (TPSA) is 76.9 Å². The minimum absolute atomic E-state index is 0.0249. The van der Waals surface area contributed by atoms with Gasteiger partial charge in [-0.15, -0.1) is 21.5 Å². The van der Waals surface area contributed by atoms with Crippen LogP contribution in [0.3, 0.4) is 0 Å². The van der Waals surface area contributed by atoms with Gasteiger partial charge in [-0.25, -0.2) is 0 Å². The predicted molar refractivity (Wildman–Crippen MR) is 87.7 cm³/mol. The summed E-state index contributed by atoms with van der Waals surface area (Å²) in [6, 6.07) is 3.58. The Kier molecular flexibility index (Phi) is 4.56. The Labute approximate surface area is 138 Å². The summed E-state index contributed by atoms with van der Waals surface area (Å²) in [4.78, 5) is 24.8. The number of hydrogen-bond donors (Lipinski definition) is 1. The molecule has 2 heterocycles. The maximum Gasteiger partial charge on any atom is 0.261 e. The first-order chi connectivity index (χ1) is 11.1. The lowest BCUT2D eigenvalue weighted by Crippen LogP contribution is -2.28. The molecule has 2 aromatic rings. The molecule has 122 valence electrons. The van der Waals surface area contributed by atoms with Crippen LogP contribution in [0.15, 0.2) is 18.5 Å². The van der Waals surface area contributed by atoms with Gasteiger partial charge in [0.25, 0.3) is 5.91 Å². The fourth-order valence-electron chi connectivity index (χ4n) is 3.01. The summed E-state index contributed by atoms with van der Waals surface area (Å²) >= 11 is 1.21. The molecule has 1 fully saturated rings. The molecule has 3 rings (SSSR count). The molecule has 0 radical (unpaired) electrons. The third-order valence-electron chi connectivity index (χ3n) is 4.23. The fraction of sp³-hybridized carbons (Fsp3) is 0.500. The fourth-order valence-corrected chi connectivity index (χ4v) is 3.81. The Morgan fingerprint density at radius 1 is 1.30 bits per heavy atom. The highest BCUT2D eigenvalue weighted by molar-refractivity contribution is 7.15. The molecular weight excluding hydrogens is 312 g/mol. The Morgan fingerprint density at radius 3 is 2.65 bits per heavy atom. The van der Waals surface area contributed by atoms with Gasteiger partial charge in [0, 0.05) is 6.04 Å². The van der Waals surface area contributed by atoms with Crippen molar-refractivity contribution in [2.45, 2.75) is 51.6 Å². The number of amides is 1. The monoisotopic (exact) mass is 332 g/mol. The molecule has 1 N–H and O–H groups in total. The number of rotatable bonds is 5. The van der Waals surface area contributed by atoms with E-state index in [0.717, 1.165) is 18.7 Å². The molecule has 7 heteroatoms. The SMILES string of the molecule is CC(=O)c1ccc(C(=O)NC(C)c2nncn2C2CCCC2)s1. The zero-order chi connectivity index (χ0) is 16.4. The van der Waals surface area contributed by atoms with Gasteiger partial charge in [0.2, 0.25) is 0 Å². The van der Waals surface area contributed by atoms with Gasteiger partial charge < -0.3 is 9.88 Å². The lowest BCUT2D eigenvalue weighted by Gasteiger charge is -2.18. The van der Waals surface area contributed by atoms with Crippen LogP contribution >= 0.6 is 11.3 Å². The maximum absolute atomic E-state index is 12.3. The van der Waals surface area contributed by atoms with E-state index in [9.17, 15) is 9.59 Å². The first-order valence-electron chi connectivity index (χ1n) is 7.87. The predicted octanol–water partition coefficient (Wildman–Crippen LogP) is 3.15. The Morgan fingerprint density at radius 2 is 2.00 bits per heavy atom. The molecule has 1 amide bonds. The van der Waals surface area contributed by atoms with Gasteiger partial charge in [0.05, 0.1) is 15.8 Å². The summed E-state index contributed by atoms with van der Waals surface area (Å²) < 4.78 is 2.09. The van der Waals surface area contributed by atoms with Gasteiger partial charge in [-0.3, -0.25) is 9.59 Å². The molecule has 2 aromatic heterocycles. The second kappa shape index (κ2) is 6.62. The number of carbonyl (C=O) groups excluding carboxylic acids is 2. The molecule has 6 nitrogen and oxygen atoms in total. The molecule has 1 saturated carbocycles. The van der Waals surface area contributed by atoms with E-state index in [-0.39, 0.29) is 17.7 Å². The minimum atomic E-state index is -0.228. The van der Waals surface area contributed by atoms with Gasteiger partial charge >= 0.3 is 0 Å². The van der Waals surface area contributed by atoms with Crippen LogP contribution in [0, 0.1) is 0 Å². The lowest BCUT2D eigenvalue weighted by molar-refractivity contribution is 0.0940. The summed E-state index contributed by atoms with van der Waals surface area (Å²) in [6.07, 6.45) is 6.49. The average Bonchev–Trinajstić information content (AvgIpc) is 3.26. The van der Waals surface area contributed by atoms with Gasteiger partial charge in [-0.2, -0.15) is 0 Å². The van der Waals surface area contributed by atoms with E-state index in [1.54, 1.807) is 18.5 Å². The van der Waals surface area contributed by atoms with E-state index in [4.69, 9.17) is 0 Å². The molecule has 1 atom stereocenters. The van der Waals surface area contributed by atoms with Crippen molar-refractivity contribution in [2.75, 3.05) is 0 Å². The van der Waals surface area contributed by atoms with Crippen molar-refractivity contribution in [2.24, 2.45) is 0 Å². The number of ketones is 1. The molecule has 1 aliphatic carbocycles. The molecule has 23 heavy (non-hydrogen) atoms. The van der Waals surface area contributed by atoms with Crippen LogP contribution in [0.1, 0.15) is 76.8 Å². The quantitative estimate of drug-likeness (QED) is 0.853. The number of thiophene rings is 1. The Balaban J connectivity index is 1.71. The molecule has 0 saturated heterocycles. The number of nitrogens with zero attached hydrogens (tertiary/aromatic N) is 3. The van der Waals surface area contributed by atoms with E-state index in [2.05, 4.69) is 20.1 Å². The van der Waals surface area contributed by atoms with Gasteiger partial charge in [-0.1, -0.05) is 12.8 Å². The Bertz CT molecular complexity index is 715. The summed E-state index contributed by atoms with van der Waals surface area (Å²) in [5, 5.41) is 11.2. The van der Waals surface area contributed by atoms with Crippen LogP contribution in [-0.2, 0) is 0 Å². The highest BCUT2D eigenvalue weighted by Crippen LogP contribution is 2.31. The third kappa shape index (κ3) is 3.34. The van der Waals surface area contributed by atoms with E-state index in [1.807, 2.05) is 6.92 Å². The highest BCUT2D eigenvalue weighted by atomic mass is 32.1. The zero-order valence-electron chi connectivity index (χ0n) is 13.3. The summed E-state index contributed by atoms with van der Waals surface area (Å²) in [6.45, 7) is 3.41. The van der Waals surface area contributed by atoms with Crippen molar-refractivity contribution in [3.8, 4) is 0 Å². The number of nitrogens with one attached hydrogen (secondary N) is 1. The van der Waals surface area contributed by atoms with E-state index in [1.165, 1.54) is 31.1 Å². The normalized spacial score (nSPS) is 16.4. The second-order valence-corrected chi connectivity index (χ2v) is 7.03. The van der Waals surface area contributed by atoms with Crippen LogP contribution in [0.4, 0.5) is 0 Å². The molecule has 1 aliphatic rings. The van der Waals surface area contributed by atoms with Crippen molar-refractivity contribution in [1.82, 2.24) is 20.1 Å². The standard InChI is InChI=1S/C16H20N4O2S/c1-10(15-19-17-9-20(15)12-5-3-4-6-12)18-16(22)14-8-7-13(23-14)11(2)21/h7-10,12H,3-6H2,1-2H3,(H,18,22). The van der Waals surface area contributed by atoms with Crippen molar-refractivity contribution in [1.29, 1.82) is 0 Å². The van der Waals surface area contributed by atoms with Crippen LogP contribution in [0.2, 0.25) is 0 Å². The largest absolute Gasteiger partial charge is 0.342 e. The smallest absolute Gasteiger partial charge is 0.261 e. The minimum Gasteiger partial charge on any atom is -0.342 e. The van der Waals surface area contributed by atoms with Crippen molar-refractivity contribution < 1.29 is 9.59 Å². The van der Waals surface area contributed by atoms with Crippen LogP contribution in [0.25, 0.3) is 0 Å².